The molecule has 1 amide bonds. The lowest BCUT2D eigenvalue weighted by Gasteiger charge is -2.24. The van der Waals surface area contributed by atoms with E-state index in [4.69, 9.17) is 4.74 Å². The van der Waals surface area contributed by atoms with E-state index in [2.05, 4.69) is 10.6 Å². The van der Waals surface area contributed by atoms with Crippen molar-refractivity contribution >= 4 is 17.4 Å². The summed E-state index contributed by atoms with van der Waals surface area (Å²) in [6.45, 7) is 3.63. The number of amides is 1. The van der Waals surface area contributed by atoms with Gasteiger partial charge in [0.05, 0.1) is 11.2 Å². The average Bonchev–Trinajstić information content (AvgIpc) is 2.36. The minimum atomic E-state index is -0.645. The Morgan fingerprint density at radius 3 is 2.83 bits per heavy atom. The highest BCUT2D eigenvalue weighted by atomic mass is 16.5. The van der Waals surface area contributed by atoms with Crippen LogP contribution >= 0.6 is 0 Å². The lowest BCUT2D eigenvalue weighted by Crippen LogP contribution is -2.44. The zero-order chi connectivity index (χ0) is 13.3. The van der Waals surface area contributed by atoms with Crippen molar-refractivity contribution in [3.63, 3.8) is 0 Å². The monoisotopic (exact) mass is 248 g/mol. The predicted molar refractivity (Wildman–Crippen MR) is 68.0 cm³/mol. The molecule has 0 atom stereocenters. The zero-order valence-corrected chi connectivity index (χ0v) is 10.7. The number of benzene rings is 1. The molecule has 0 aliphatic carbocycles. The minimum absolute atomic E-state index is 0.0162. The van der Waals surface area contributed by atoms with E-state index in [1.54, 1.807) is 25.2 Å². The summed E-state index contributed by atoms with van der Waals surface area (Å²) in [6.07, 6.45) is 0. The van der Waals surface area contributed by atoms with Crippen molar-refractivity contribution in [3.05, 3.63) is 23.8 Å². The smallest absolute Gasteiger partial charge is 0.262 e. The molecule has 0 aromatic heterocycles. The Morgan fingerprint density at radius 2 is 2.17 bits per heavy atom. The standard InChI is InChI=1S/C13H16N2O3/c1-13(2,14-3)12(17)8-4-5-10-9(6-8)15-11(16)7-18-10/h4-6,14H,7H2,1-3H3,(H,15,16). The first-order chi connectivity index (χ1) is 8.44. The molecule has 0 bridgehead atoms. The van der Waals surface area contributed by atoms with Crippen molar-refractivity contribution in [1.82, 2.24) is 5.32 Å². The molecule has 0 fully saturated rings. The van der Waals surface area contributed by atoms with Crippen molar-refractivity contribution in [1.29, 1.82) is 0 Å². The number of ketones is 1. The van der Waals surface area contributed by atoms with Gasteiger partial charge < -0.3 is 15.4 Å². The molecule has 1 aliphatic rings. The van der Waals surface area contributed by atoms with Gasteiger partial charge in [-0.15, -0.1) is 0 Å². The van der Waals surface area contributed by atoms with Crippen LogP contribution in [0.5, 0.6) is 5.75 Å². The third kappa shape index (κ3) is 2.22. The first kappa shape index (κ1) is 12.6. The number of hydrogen-bond donors (Lipinski definition) is 2. The largest absolute Gasteiger partial charge is 0.482 e. The number of likely N-dealkylation sites (N-methyl/N-ethyl adjacent to an activating group) is 1. The molecule has 0 saturated carbocycles. The maximum atomic E-state index is 12.2. The molecule has 0 saturated heterocycles. The number of rotatable bonds is 3. The number of carbonyl (C=O) groups is 2. The van der Waals surface area contributed by atoms with Crippen molar-refractivity contribution in [2.24, 2.45) is 0 Å². The van der Waals surface area contributed by atoms with Crippen LogP contribution < -0.4 is 15.4 Å². The van der Waals surface area contributed by atoms with Crippen molar-refractivity contribution in [3.8, 4) is 5.75 Å². The van der Waals surface area contributed by atoms with Crippen LogP contribution in [0.1, 0.15) is 24.2 Å². The Balaban J connectivity index is 2.34. The topological polar surface area (TPSA) is 67.4 Å². The van der Waals surface area contributed by atoms with E-state index in [0.29, 0.717) is 17.0 Å². The van der Waals surface area contributed by atoms with Gasteiger partial charge in [-0.2, -0.15) is 0 Å². The summed E-state index contributed by atoms with van der Waals surface area (Å²) in [7, 11) is 1.74. The molecule has 2 rings (SSSR count). The van der Waals surface area contributed by atoms with Gasteiger partial charge >= 0.3 is 0 Å². The Bertz CT molecular complexity index is 509. The van der Waals surface area contributed by atoms with E-state index in [1.165, 1.54) is 0 Å². The first-order valence-electron chi connectivity index (χ1n) is 5.74. The van der Waals surface area contributed by atoms with Gasteiger partial charge in [0.25, 0.3) is 5.91 Å². The number of ether oxygens (including phenoxy) is 1. The highest BCUT2D eigenvalue weighted by Gasteiger charge is 2.27. The maximum Gasteiger partial charge on any atom is 0.262 e. The van der Waals surface area contributed by atoms with Gasteiger partial charge in [-0.1, -0.05) is 0 Å². The molecule has 96 valence electrons. The summed E-state index contributed by atoms with van der Waals surface area (Å²) in [6, 6.07) is 5.05. The number of fused-ring (bicyclic) bond motifs is 1. The van der Waals surface area contributed by atoms with E-state index in [9.17, 15) is 9.59 Å². The molecule has 1 heterocycles. The summed E-state index contributed by atoms with van der Waals surface area (Å²) in [5, 5.41) is 5.65. The van der Waals surface area contributed by atoms with Crippen LogP contribution in [0.3, 0.4) is 0 Å². The summed E-state index contributed by atoms with van der Waals surface area (Å²) in [4.78, 5) is 23.5. The number of Topliss-reactive ketones (excluding diaryl/α,β-unsaturated/α-hetero) is 1. The molecule has 1 aromatic carbocycles. The third-order valence-corrected chi connectivity index (χ3v) is 3.07. The van der Waals surface area contributed by atoms with Gasteiger partial charge in [-0.3, -0.25) is 9.59 Å². The van der Waals surface area contributed by atoms with Crippen LogP contribution in [0.4, 0.5) is 5.69 Å². The Morgan fingerprint density at radius 1 is 1.44 bits per heavy atom. The van der Waals surface area contributed by atoms with Crippen LogP contribution in [0.2, 0.25) is 0 Å². The number of hydrogen-bond acceptors (Lipinski definition) is 4. The fourth-order valence-corrected chi connectivity index (χ4v) is 1.70. The number of nitrogens with one attached hydrogen (secondary N) is 2. The van der Waals surface area contributed by atoms with Crippen LogP contribution in [0, 0.1) is 0 Å². The molecule has 0 spiro atoms. The van der Waals surface area contributed by atoms with E-state index < -0.39 is 5.54 Å². The number of anilines is 1. The van der Waals surface area contributed by atoms with Crippen LogP contribution in [-0.2, 0) is 4.79 Å². The third-order valence-electron chi connectivity index (χ3n) is 3.07. The SMILES string of the molecule is CNC(C)(C)C(=O)c1ccc2c(c1)NC(=O)CO2. The van der Waals surface area contributed by atoms with Gasteiger partial charge in [0.15, 0.2) is 12.4 Å². The molecule has 0 unspecified atom stereocenters. The average molecular weight is 248 g/mol. The lowest BCUT2D eigenvalue weighted by molar-refractivity contribution is -0.118. The van der Waals surface area contributed by atoms with Gasteiger partial charge in [0.2, 0.25) is 0 Å². The van der Waals surface area contributed by atoms with Crippen LogP contribution in [-0.4, -0.2) is 30.9 Å². The van der Waals surface area contributed by atoms with Crippen molar-refractivity contribution in [2.45, 2.75) is 19.4 Å². The molecular formula is C13H16N2O3. The Kier molecular flexibility index (Phi) is 3.09. The van der Waals surface area contributed by atoms with Gasteiger partial charge in [0.1, 0.15) is 5.75 Å². The van der Waals surface area contributed by atoms with E-state index >= 15 is 0 Å². The highest BCUT2D eigenvalue weighted by molar-refractivity contribution is 6.05. The predicted octanol–water partition coefficient (Wildman–Crippen LogP) is 1.20. The molecule has 5 heteroatoms. The second-order valence-corrected chi connectivity index (χ2v) is 4.75. The molecule has 5 nitrogen and oxygen atoms in total. The first-order valence-corrected chi connectivity index (χ1v) is 5.74. The molecule has 18 heavy (non-hydrogen) atoms. The van der Waals surface area contributed by atoms with Crippen molar-refractivity contribution in [2.75, 3.05) is 19.0 Å². The lowest BCUT2D eigenvalue weighted by atomic mass is 9.93. The van der Waals surface area contributed by atoms with E-state index in [0.717, 1.165) is 0 Å². The summed E-state index contributed by atoms with van der Waals surface area (Å²) >= 11 is 0. The fraction of sp³-hybridized carbons (Fsp3) is 0.385. The summed E-state index contributed by atoms with van der Waals surface area (Å²) in [5.41, 5.74) is 0.441. The van der Waals surface area contributed by atoms with Gasteiger partial charge in [0, 0.05) is 5.56 Å². The second-order valence-electron chi connectivity index (χ2n) is 4.75. The fourth-order valence-electron chi connectivity index (χ4n) is 1.70. The zero-order valence-electron chi connectivity index (χ0n) is 10.7. The van der Waals surface area contributed by atoms with E-state index in [-0.39, 0.29) is 18.3 Å². The Labute approximate surface area is 106 Å². The quantitative estimate of drug-likeness (QED) is 0.789. The van der Waals surface area contributed by atoms with Crippen molar-refractivity contribution < 1.29 is 14.3 Å². The summed E-state index contributed by atoms with van der Waals surface area (Å²) < 4.78 is 5.24. The highest BCUT2D eigenvalue weighted by Crippen LogP contribution is 2.29. The molecule has 0 radical (unpaired) electrons. The molecule has 1 aliphatic heterocycles. The second kappa shape index (κ2) is 4.42. The summed E-state index contributed by atoms with van der Waals surface area (Å²) in [5.74, 6) is 0.348. The Hall–Kier alpha value is -1.88. The van der Waals surface area contributed by atoms with Crippen LogP contribution in [0.15, 0.2) is 18.2 Å². The molecular weight excluding hydrogens is 232 g/mol. The van der Waals surface area contributed by atoms with Crippen LogP contribution in [0.25, 0.3) is 0 Å². The molecule has 1 aromatic rings. The normalized spacial score (nSPS) is 14.5. The van der Waals surface area contributed by atoms with Gasteiger partial charge in [-0.05, 0) is 39.1 Å². The van der Waals surface area contributed by atoms with E-state index in [1.807, 2.05) is 13.8 Å². The number of carbonyl (C=O) groups excluding carboxylic acids is 2. The molecule has 2 N–H and O–H groups in total. The van der Waals surface area contributed by atoms with Gasteiger partial charge in [-0.25, -0.2) is 0 Å². The maximum absolute atomic E-state index is 12.2. The minimum Gasteiger partial charge on any atom is -0.482 e.